The molecule has 122 valence electrons. The fourth-order valence-corrected chi connectivity index (χ4v) is 3.05. The van der Waals surface area contributed by atoms with E-state index in [0.717, 1.165) is 16.7 Å². The van der Waals surface area contributed by atoms with Crippen molar-refractivity contribution in [3.8, 4) is 0 Å². The number of hydrogen-bond donors (Lipinski definition) is 1. The summed E-state index contributed by atoms with van der Waals surface area (Å²) in [7, 11) is 1.64. The monoisotopic (exact) mass is 306 g/mol. The predicted molar refractivity (Wildman–Crippen MR) is 85.2 cm³/mol. The van der Waals surface area contributed by atoms with Gasteiger partial charge < -0.3 is 9.57 Å². The normalized spacial score (nSPS) is 18.2. The van der Waals surface area contributed by atoms with Crippen LogP contribution >= 0.6 is 0 Å². The standard InChI is InChI=1S/C17H26N2O3/c1-12-9-13(2)15(14(3)10-12)11-16(20)22-17(18)5-7-19(21-4)8-6-17/h9-10H,5-8,11,18H2,1-4H3. The van der Waals surface area contributed by atoms with Crippen LogP contribution < -0.4 is 5.73 Å². The molecule has 1 fully saturated rings. The zero-order valence-electron chi connectivity index (χ0n) is 13.9. The smallest absolute Gasteiger partial charge is 0.312 e. The van der Waals surface area contributed by atoms with Gasteiger partial charge in [0.15, 0.2) is 5.72 Å². The molecule has 0 amide bonds. The lowest BCUT2D eigenvalue weighted by Gasteiger charge is -2.37. The Bertz CT molecular complexity index is 526. The maximum absolute atomic E-state index is 12.3. The zero-order chi connectivity index (χ0) is 16.3. The van der Waals surface area contributed by atoms with Crippen molar-refractivity contribution in [3.05, 3.63) is 34.4 Å². The van der Waals surface area contributed by atoms with Crippen LogP contribution in [0, 0.1) is 20.8 Å². The molecule has 1 aliphatic heterocycles. The molecule has 1 heterocycles. The lowest BCUT2D eigenvalue weighted by atomic mass is 9.97. The van der Waals surface area contributed by atoms with Crippen LogP contribution in [-0.4, -0.2) is 37.0 Å². The molecular formula is C17H26N2O3. The summed E-state index contributed by atoms with van der Waals surface area (Å²) in [6, 6.07) is 4.18. The number of rotatable bonds is 4. The van der Waals surface area contributed by atoms with Crippen molar-refractivity contribution in [2.75, 3.05) is 20.2 Å². The van der Waals surface area contributed by atoms with Crippen LogP contribution in [0.1, 0.15) is 35.1 Å². The molecule has 0 aliphatic carbocycles. The molecule has 2 N–H and O–H groups in total. The van der Waals surface area contributed by atoms with Gasteiger partial charge in [-0.05, 0) is 37.5 Å². The maximum Gasteiger partial charge on any atom is 0.312 e. The number of carbonyl (C=O) groups excluding carboxylic acids is 1. The molecule has 5 heteroatoms. The number of hydrogen-bond acceptors (Lipinski definition) is 5. The zero-order valence-corrected chi connectivity index (χ0v) is 13.9. The Kier molecular flexibility index (Phi) is 5.21. The van der Waals surface area contributed by atoms with Crippen molar-refractivity contribution in [2.24, 2.45) is 5.73 Å². The molecule has 0 bridgehead atoms. The molecule has 0 saturated carbocycles. The van der Waals surface area contributed by atoms with Crippen molar-refractivity contribution in [1.29, 1.82) is 0 Å². The number of ether oxygens (including phenoxy) is 1. The summed E-state index contributed by atoms with van der Waals surface area (Å²) in [4.78, 5) is 17.4. The highest BCUT2D eigenvalue weighted by Gasteiger charge is 2.34. The topological polar surface area (TPSA) is 64.8 Å². The summed E-state index contributed by atoms with van der Waals surface area (Å²) in [5.41, 5.74) is 9.81. The van der Waals surface area contributed by atoms with E-state index >= 15 is 0 Å². The van der Waals surface area contributed by atoms with Crippen molar-refractivity contribution in [2.45, 2.75) is 45.8 Å². The van der Waals surface area contributed by atoms with E-state index < -0.39 is 5.72 Å². The van der Waals surface area contributed by atoms with Crippen LogP contribution in [0.15, 0.2) is 12.1 Å². The van der Waals surface area contributed by atoms with Gasteiger partial charge >= 0.3 is 5.97 Å². The van der Waals surface area contributed by atoms with Crippen LogP contribution in [0.2, 0.25) is 0 Å². The Labute approximate surface area is 132 Å². The van der Waals surface area contributed by atoms with Gasteiger partial charge in [-0.2, -0.15) is 5.06 Å². The first-order chi connectivity index (χ1) is 10.3. The van der Waals surface area contributed by atoms with Gasteiger partial charge in [0.2, 0.25) is 0 Å². The summed E-state index contributed by atoms with van der Waals surface area (Å²) in [5, 5.41) is 1.83. The van der Waals surface area contributed by atoms with Gasteiger partial charge in [-0.3, -0.25) is 10.5 Å². The maximum atomic E-state index is 12.3. The summed E-state index contributed by atoms with van der Waals surface area (Å²) in [5.74, 6) is -0.261. The minimum Gasteiger partial charge on any atom is -0.444 e. The van der Waals surface area contributed by atoms with E-state index in [0.29, 0.717) is 25.9 Å². The van der Waals surface area contributed by atoms with Gasteiger partial charge in [0.05, 0.1) is 13.5 Å². The number of hydroxylamine groups is 2. The Hall–Kier alpha value is -1.43. The molecule has 0 unspecified atom stereocenters. The number of nitrogens with two attached hydrogens (primary N) is 1. The molecule has 2 rings (SSSR count). The van der Waals surface area contributed by atoms with Gasteiger partial charge in [0.25, 0.3) is 0 Å². The number of aryl methyl sites for hydroxylation is 3. The third-order valence-electron chi connectivity index (χ3n) is 4.31. The predicted octanol–water partition coefficient (Wildman–Crippen LogP) is 2.01. The molecule has 0 aromatic heterocycles. The summed E-state index contributed by atoms with van der Waals surface area (Å²) in [6.45, 7) is 7.45. The highest BCUT2D eigenvalue weighted by molar-refractivity contribution is 5.74. The van der Waals surface area contributed by atoms with E-state index in [-0.39, 0.29) is 12.4 Å². The number of benzene rings is 1. The molecule has 0 radical (unpaired) electrons. The van der Waals surface area contributed by atoms with E-state index in [1.165, 1.54) is 5.56 Å². The van der Waals surface area contributed by atoms with Crippen LogP contribution in [0.4, 0.5) is 0 Å². The van der Waals surface area contributed by atoms with Gasteiger partial charge in [-0.25, -0.2) is 0 Å². The highest BCUT2D eigenvalue weighted by atomic mass is 16.7. The fourth-order valence-electron chi connectivity index (χ4n) is 3.05. The van der Waals surface area contributed by atoms with E-state index in [4.69, 9.17) is 15.3 Å². The molecular weight excluding hydrogens is 280 g/mol. The van der Waals surface area contributed by atoms with Crippen molar-refractivity contribution >= 4 is 5.97 Å². The molecule has 1 aromatic carbocycles. The summed E-state index contributed by atoms with van der Waals surface area (Å²) >= 11 is 0. The first-order valence-electron chi connectivity index (χ1n) is 7.69. The lowest BCUT2D eigenvalue weighted by molar-refractivity contribution is -0.191. The Morgan fingerprint density at radius 3 is 2.27 bits per heavy atom. The summed E-state index contributed by atoms with van der Waals surface area (Å²) in [6.07, 6.45) is 1.43. The average molecular weight is 306 g/mol. The number of esters is 1. The third kappa shape index (κ3) is 4.06. The SMILES string of the molecule is CON1CCC(N)(OC(=O)Cc2c(C)cc(C)cc2C)CC1. The van der Waals surface area contributed by atoms with Crippen molar-refractivity contribution in [3.63, 3.8) is 0 Å². The minimum atomic E-state index is -0.876. The molecule has 0 atom stereocenters. The Balaban J connectivity index is 1.99. The van der Waals surface area contributed by atoms with Gasteiger partial charge in [-0.1, -0.05) is 17.7 Å². The van der Waals surface area contributed by atoms with E-state index in [2.05, 4.69) is 19.1 Å². The molecule has 1 aliphatic rings. The second kappa shape index (κ2) is 6.77. The van der Waals surface area contributed by atoms with Crippen LogP contribution in [0.3, 0.4) is 0 Å². The average Bonchev–Trinajstić information content (AvgIpc) is 2.43. The molecule has 0 spiro atoms. The lowest BCUT2D eigenvalue weighted by Crippen LogP contribution is -2.53. The number of nitrogens with zero attached hydrogens (tertiary/aromatic N) is 1. The first kappa shape index (κ1) is 16.9. The molecule has 22 heavy (non-hydrogen) atoms. The largest absolute Gasteiger partial charge is 0.444 e. The number of carbonyl (C=O) groups is 1. The van der Waals surface area contributed by atoms with E-state index in [1.54, 1.807) is 7.11 Å². The quantitative estimate of drug-likeness (QED) is 0.681. The van der Waals surface area contributed by atoms with Gasteiger partial charge in [-0.15, -0.1) is 0 Å². The Morgan fingerprint density at radius 2 is 1.77 bits per heavy atom. The van der Waals surface area contributed by atoms with E-state index in [1.807, 2.05) is 18.9 Å². The van der Waals surface area contributed by atoms with Crippen molar-refractivity contribution < 1.29 is 14.4 Å². The molecule has 5 nitrogen and oxygen atoms in total. The van der Waals surface area contributed by atoms with Crippen LogP contribution in [0.25, 0.3) is 0 Å². The number of piperidine rings is 1. The second-order valence-electron chi connectivity index (χ2n) is 6.20. The third-order valence-corrected chi connectivity index (χ3v) is 4.31. The first-order valence-corrected chi connectivity index (χ1v) is 7.69. The molecule has 1 aromatic rings. The fraction of sp³-hybridized carbons (Fsp3) is 0.588. The molecule has 1 saturated heterocycles. The van der Waals surface area contributed by atoms with E-state index in [9.17, 15) is 4.79 Å². The highest BCUT2D eigenvalue weighted by Crippen LogP contribution is 2.23. The summed E-state index contributed by atoms with van der Waals surface area (Å²) < 4.78 is 5.57. The van der Waals surface area contributed by atoms with Crippen LogP contribution in [0.5, 0.6) is 0 Å². The van der Waals surface area contributed by atoms with Gasteiger partial charge in [0.1, 0.15) is 0 Å². The van der Waals surface area contributed by atoms with Crippen molar-refractivity contribution in [1.82, 2.24) is 5.06 Å². The van der Waals surface area contributed by atoms with Crippen LogP contribution in [-0.2, 0) is 20.8 Å². The Morgan fingerprint density at radius 1 is 1.23 bits per heavy atom. The van der Waals surface area contributed by atoms with Gasteiger partial charge in [0, 0.05) is 25.9 Å². The second-order valence-corrected chi connectivity index (χ2v) is 6.20. The minimum absolute atomic E-state index is 0.261.